The Morgan fingerprint density at radius 3 is 1.87 bits per heavy atom. The molecule has 2 aliphatic heterocycles. The van der Waals surface area contributed by atoms with Crippen molar-refractivity contribution in [3.63, 3.8) is 0 Å². The monoisotopic (exact) mass is 550 g/mol. The number of nitrogens with zero attached hydrogens (tertiary/aromatic N) is 7. The first kappa shape index (κ1) is 26.8. The number of aliphatic hydroxyl groups is 6. The summed E-state index contributed by atoms with van der Waals surface area (Å²) in [5.74, 6) is 0.117. The molecule has 2 fully saturated rings. The van der Waals surface area contributed by atoms with Gasteiger partial charge in [0.05, 0.1) is 25.9 Å². The molecule has 8 atom stereocenters. The maximum atomic E-state index is 11.7. The molecule has 19 nitrogen and oxygen atoms in total. The number of H-pyrrole nitrogens is 1. The number of aromatic nitrogens is 8. The Hall–Kier alpha value is -3.82. The topological polar surface area (TPSA) is 299 Å². The van der Waals surface area contributed by atoms with Crippen LogP contribution in [0.3, 0.4) is 0 Å². The Morgan fingerprint density at radius 1 is 0.795 bits per heavy atom. The van der Waals surface area contributed by atoms with Crippen LogP contribution in [0.4, 0.5) is 11.8 Å². The fourth-order valence-corrected chi connectivity index (χ4v) is 4.41. The van der Waals surface area contributed by atoms with Crippen molar-refractivity contribution >= 4 is 34.1 Å². The second kappa shape index (κ2) is 10.4. The van der Waals surface area contributed by atoms with Crippen LogP contribution < -0.4 is 17.0 Å². The quantitative estimate of drug-likeness (QED) is 0.115. The Morgan fingerprint density at radius 2 is 1.33 bits per heavy atom. The molecule has 4 aromatic rings. The van der Waals surface area contributed by atoms with E-state index in [0.29, 0.717) is 11.2 Å². The second-order valence-electron chi connectivity index (χ2n) is 8.82. The molecule has 0 radical (unpaired) electrons. The van der Waals surface area contributed by atoms with E-state index in [1.165, 1.54) is 28.1 Å². The van der Waals surface area contributed by atoms with Crippen molar-refractivity contribution in [2.24, 2.45) is 0 Å². The molecule has 0 spiro atoms. The maximum absolute atomic E-state index is 11.7. The molecular formula is C20H26N10O9. The van der Waals surface area contributed by atoms with Gasteiger partial charge in [-0.1, -0.05) is 0 Å². The first-order chi connectivity index (χ1) is 18.7. The van der Waals surface area contributed by atoms with E-state index >= 15 is 0 Å². The molecule has 2 aliphatic rings. The third-order valence-corrected chi connectivity index (χ3v) is 6.42. The van der Waals surface area contributed by atoms with Crippen LogP contribution in [0.1, 0.15) is 12.5 Å². The van der Waals surface area contributed by atoms with Gasteiger partial charge in [0.25, 0.3) is 5.56 Å². The predicted octanol–water partition coefficient (Wildman–Crippen LogP) is -4.67. The van der Waals surface area contributed by atoms with E-state index in [-0.39, 0.29) is 22.9 Å². The smallest absolute Gasteiger partial charge is 0.280 e. The molecule has 0 unspecified atom stereocenters. The lowest BCUT2D eigenvalue weighted by Crippen LogP contribution is -2.33. The average molecular weight is 550 g/mol. The molecular weight excluding hydrogens is 524 g/mol. The Kier molecular flexibility index (Phi) is 7.13. The van der Waals surface area contributed by atoms with E-state index < -0.39 is 67.9 Å². The minimum atomic E-state index is -1.29. The number of nitrogens with one attached hydrogen (secondary N) is 1. The molecule has 6 heterocycles. The SMILES string of the molecule is Nc1nc2c(ncn2[C@@H]2O[C@H](CO)[C@@H](O)[C@H]2O)c(=O)[nH]1.Nc1ncnc2c1ncn2[C@@H]1O[C@H](CO)[C@@H](O)[C@H]1O. The zero-order valence-electron chi connectivity index (χ0n) is 20.0. The highest BCUT2D eigenvalue weighted by atomic mass is 16.6. The van der Waals surface area contributed by atoms with Crippen LogP contribution in [0, 0.1) is 0 Å². The molecule has 0 saturated carbocycles. The number of aliphatic hydroxyl groups excluding tert-OH is 6. The van der Waals surface area contributed by atoms with E-state index in [4.69, 9.17) is 31.2 Å². The van der Waals surface area contributed by atoms with Gasteiger partial charge in [0.1, 0.15) is 48.5 Å². The van der Waals surface area contributed by atoms with Crippen molar-refractivity contribution in [3.8, 4) is 0 Å². The zero-order chi connectivity index (χ0) is 28.0. The summed E-state index contributed by atoms with van der Waals surface area (Å²) in [6.45, 7) is -0.837. The summed E-state index contributed by atoms with van der Waals surface area (Å²) in [6.07, 6.45) is -4.64. The van der Waals surface area contributed by atoms with Gasteiger partial charge in [-0.2, -0.15) is 4.98 Å². The Labute approximate surface area is 216 Å². The molecule has 2 saturated heterocycles. The fraction of sp³-hybridized carbons (Fsp3) is 0.500. The highest BCUT2D eigenvalue weighted by molar-refractivity contribution is 5.81. The lowest BCUT2D eigenvalue weighted by atomic mass is 10.1. The van der Waals surface area contributed by atoms with Gasteiger partial charge < -0.3 is 51.6 Å². The van der Waals surface area contributed by atoms with Crippen LogP contribution in [0.15, 0.2) is 23.8 Å². The number of rotatable bonds is 4. The lowest BCUT2D eigenvalue weighted by Gasteiger charge is -2.16. The standard InChI is InChI=1S/C10H13N5O5.C10H13N5O4/c11-10-13-7-4(8(19)14-10)12-2-15(7)9-6(18)5(17)3(1-16)20-9;11-8-5-9(13-2-12-8)15(3-14-5)10-7(18)6(17)4(1-16)19-10/h2-3,5-6,9,16-18H,1H2,(H3,11,13,14,19);2-4,6-7,10,16-18H,1H2,(H2,11,12,13)/t3-,5-,6-,9-;4-,6-,7-,10-/m11/s1. The van der Waals surface area contributed by atoms with Crippen molar-refractivity contribution in [2.45, 2.75) is 49.1 Å². The number of fused-ring (bicyclic) bond motifs is 2. The van der Waals surface area contributed by atoms with Gasteiger partial charge in [-0.05, 0) is 0 Å². The van der Waals surface area contributed by atoms with E-state index in [1.807, 2.05) is 0 Å². The first-order valence-corrected chi connectivity index (χ1v) is 11.6. The average Bonchev–Trinajstić information content (AvgIpc) is 3.66. The largest absolute Gasteiger partial charge is 0.394 e. The molecule has 39 heavy (non-hydrogen) atoms. The highest BCUT2D eigenvalue weighted by Gasteiger charge is 2.45. The molecule has 11 N–H and O–H groups in total. The molecule has 0 aromatic carbocycles. The second-order valence-corrected chi connectivity index (χ2v) is 8.82. The Bertz CT molecular complexity index is 1520. The number of anilines is 2. The molecule has 210 valence electrons. The van der Waals surface area contributed by atoms with Gasteiger partial charge in [0.15, 0.2) is 35.1 Å². The minimum Gasteiger partial charge on any atom is -0.394 e. The summed E-state index contributed by atoms with van der Waals surface area (Å²) in [7, 11) is 0. The van der Waals surface area contributed by atoms with Crippen molar-refractivity contribution in [1.82, 2.24) is 39.0 Å². The molecule has 4 aromatic heterocycles. The fourth-order valence-electron chi connectivity index (χ4n) is 4.41. The minimum absolute atomic E-state index is 0.0388. The van der Waals surface area contributed by atoms with Crippen LogP contribution in [-0.4, -0.2) is 120 Å². The summed E-state index contributed by atoms with van der Waals surface area (Å²) in [4.78, 5) is 33.7. The third-order valence-electron chi connectivity index (χ3n) is 6.42. The summed E-state index contributed by atoms with van der Waals surface area (Å²) < 4.78 is 13.5. The van der Waals surface area contributed by atoms with Crippen LogP contribution >= 0.6 is 0 Å². The van der Waals surface area contributed by atoms with Crippen molar-refractivity contribution < 1.29 is 40.1 Å². The van der Waals surface area contributed by atoms with Gasteiger partial charge >= 0.3 is 0 Å². The maximum Gasteiger partial charge on any atom is 0.280 e. The Balaban J connectivity index is 0.000000158. The number of aromatic amines is 1. The van der Waals surface area contributed by atoms with Gasteiger partial charge in [0.2, 0.25) is 5.95 Å². The molecule has 19 heteroatoms. The normalized spacial score (nSPS) is 30.6. The van der Waals surface area contributed by atoms with Crippen molar-refractivity contribution in [1.29, 1.82) is 0 Å². The van der Waals surface area contributed by atoms with E-state index in [1.54, 1.807) is 0 Å². The van der Waals surface area contributed by atoms with Gasteiger partial charge in [-0.25, -0.2) is 19.9 Å². The van der Waals surface area contributed by atoms with Gasteiger partial charge in [0, 0.05) is 0 Å². The van der Waals surface area contributed by atoms with E-state index in [0.717, 1.165) is 0 Å². The predicted molar refractivity (Wildman–Crippen MR) is 128 cm³/mol. The van der Waals surface area contributed by atoms with Gasteiger partial charge in [-0.3, -0.25) is 18.9 Å². The van der Waals surface area contributed by atoms with Crippen molar-refractivity contribution in [3.05, 3.63) is 29.3 Å². The van der Waals surface area contributed by atoms with Crippen LogP contribution in [0.5, 0.6) is 0 Å². The first-order valence-electron chi connectivity index (χ1n) is 11.6. The summed E-state index contributed by atoms with van der Waals surface area (Å²) in [5.41, 5.74) is 11.6. The number of imidazole rings is 2. The van der Waals surface area contributed by atoms with E-state index in [2.05, 4.69) is 29.9 Å². The van der Waals surface area contributed by atoms with Crippen LogP contribution in [0.25, 0.3) is 22.3 Å². The van der Waals surface area contributed by atoms with Crippen molar-refractivity contribution in [2.75, 3.05) is 24.7 Å². The number of hydrogen-bond donors (Lipinski definition) is 9. The molecule has 0 bridgehead atoms. The van der Waals surface area contributed by atoms with Gasteiger partial charge in [-0.15, -0.1) is 0 Å². The highest BCUT2D eigenvalue weighted by Crippen LogP contribution is 2.32. The number of nitrogen functional groups attached to an aromatic ring is 2. The molecule has 0 aliphatic carbocycles. The van der Waals surface area contributed by atoms with Crippen LogP contribution in [0.2, 0.25) is 0 Å². The number of nitrogens with two attached hydrogens (primary N) is 2. The zero-order valence-corrected chi connectivity index (χ0v) is 20.0. The van der Waals surface area contributed by atoms with E-state index in [9.17, 15) is 25.2 Å². The number of ether oxygens (including phenoxy) is 2. The molecule has 0 amide bonds. The van der Waals surface area contributed by atoms with Crippen LogP contribution in [-0.2, 0) is 9.47 Å². The third kappa shape index (κ3) is 4.55. The summed E-state index contributed by atoms with van der Waals surface area (Å²) >= 11 is 0. The number of hydrogen-bond acceptors (Lipinski definition) is 16. The summed E-state index contributed by atoms with van der Waals surface area (Å²) in [5, 5.41) is 57.5. The summed E-state index contributed by atoms with van der Waals surface area (Å²) in [6, 6.07) is 0. The molecule has 6 rings (SSSR count). The lowest BCUT2D eigenvalue weighted by molar-refractivity contribution is -0.0511.